The van der Waals surface area contributed by atoms with E-state index in [1.807, 2.05) is 0 Å². The molecule has 2 heterocycles. The summed E-state index contributed by atoms with van der Waals surface area (Å²) in [7, 11) is 0. The van der Waals surface area contributed by atoms with Gasteiger partial charge >= 0.3 is 0 Å². The third-order valence-corrected chi connectivity index (χ3v) is 4.12. The molecule has 1 aromatic rings. The number of furan rings is 1. The van der Waals surface area contributed by atoms with Gasteiger partial charge in [0.15, 0.2) is 10.4 Å². The Morgan fingerprint density at radius 1 is 1.69 bits per heavy atom. The van der Waals surface area contributed by atoms with Gasteiger partial charge in [-0.05, 0) is 40.2 Å². The zero-order chi connectivity index (χ0) is 11.6. The van der Waals surface area contributed by atoms with Gasteiger partial charge in [0.25, 0.3) is 5.91 Å². The molecule has 6 heteroatoms. The topological polar surface area (TPSA) is 62.5 Å². The smallest absolute Gasteiger partial charge is 0.287 e. The van der Waals surface area contributed by atoms with Crippen LogP contribution in [-0.2, 0) is 0 Å². The van der Waals surface area contributed by atoms with E-state index in [0.29, 0.717) is 10.4 Å². The Morgan fingerprint density at radius 2 is 2.50 bits per heavy atom. The van der Waals surface area contributed by atoms with Crippen LogP contribution in [0.1, 0.15) is 17.0 Å². The van der Waals surface area contributed by atoms with E-state index in [1.54, 1.807) is 23.9 Å². The molecule has 0 bridgehead atoms. The van der Waals surface area contributed by atoms with E-state index in [0.717, 1.165) is 12.2 Å². The molecule has 0 aliphatic carbocycles. The van der Waals surface area contributed by atoms with E-state index in [-0.39, 0.29) is 18.2 Å². The van der Waals surface area contributed by atoms with Crippen molar-refractivity contribution in [3.05, 3.63) is 22.6 Å². The van der Waals surface area contributed by atoms with Crippen LogP contribution in [0, 0.1) is 0 Å². The first-order chi connectivity index (χ1) is 7.59. The molecule has 0 saturated carbocycles. The Morgan fingerprint density at radius 3 is 3.06 bits per heavy atom. The molecule has 1 atom stereocenters. The van der Waals surface area contributed by atoms with Crippen LogP contribution in [0.25, 0.3) is 0 Å². The average Bonchev–Trinajstić information content (AvgIpc) is 2.85. The van der Waals surface area contributed by atoms with Crippen molar-refractivity contribution in [3.63, 3.8) is 0 Å². The lowest BCUT2D eigenvalue weighted by Crippen LogP contribution is -2.42. The highest BCUT2D eigenvalue weighted by atomic mass is 79.9. The van der Waals surface area contributed by atoms with Crippen molar-refractivity contribution in [3.8, 4) is 0 Å². The quantitative estimate of drug-likeness (QED) is 0.891. The fraction of sp³-hybridized carbons (Fsp3) is 0.500. The molecule has 1 unspecified atom stereocenters. The third kappa shape index (κ3) is 2.81. The minimum Gasteiger partial charge on any atom is -0.444 e. The van der Waals surface area contributed by atoms with Crippen LogP contribution in [0.4, 0.5) is 0 Å². The maximum Gasteiger partial charge on any atom is 0.287 e. The van der Waals surface area contributed by atoms with Crippen LogP contribution in [0.2, 0.25) is 0 Å². The monoisotopic (exact) mass is 305 g/mol. The fourth-order valence-corrected chi connectivity index (χ4v) is 3.11. The maximum absolute atomic E-state index is 11.6. The van der Waals surface area contributed by atoms with Crippen molar-refractivity contribution in [1.29, 1.82) is 0 Å². The lowest BCUT2D eigenvalue weighted by molar-refractivity contribution is 0.0602. The number of carbonyl (C=O) groups is 1. The lowest BCUT2D eigenvalue weighted by atomic mass is 10.0. The first-order valence-electron chi connectivity index (χ1n) is 4.93. The summed E-state index contributed by atoms with van der Waals surface area (Å²) >= 11 is 4.83. The Labute approximate surface area is 106 Å². The van der Waals surface area contributed by atoms with Gasteiger partial charge in [-0.1, -0.05) is 0 Å². The number of thioether (sulfide) groups is 1. The Kier molecular flexibility index (Phi) is 3.61. The van der Waals surface area contributed by atoms with Crippen molar-refractivity contribution >= 4 is 33.6 Å². The molecule has 1 fully saturated rings. The van der Waals surface area contributed by atoms with Gasteiger partial charge in [-0.3, -0.25) is 4.79 Å². The van der Waals surface area contributed by atoms with Gasteiger partial charge in [0, 0.05) is 12.3 Å². The summed E-state index contributed by atoms with van der Waals surface area (Å²) < 4.78 is 5.63. The molecule has 1 amide bonds. The molecule has 2 N–H and O–H groups in total. The second-order valence-electron chi connectivity index (χ2n) is 3.81. The first-order valence-corrected chi connectivity index (χ1v) is 6.87. The van der Waals surface area contributed by atoms with E-state index in [4.69, 9.17) is 4.42 Å². The highest BCUT2D eigenvalue weighted by Crippen LogP contribution is 2.27. The molecule has 4 nitrogen and oxygen atoms in total. The van der Waals surface area contributed by atoms with Crippen LogP contribution >= 0.6 is 27.7 Å². The van der Waals surface area contributed by atoms with Gasteiger partial charge in [-0.15, -0.1) is 0 Å². The number of amides is 1. The molecular weight excluding hydrogens is 294 g/mol. The summed E-state index contributed by atoms with van der Waals surface area (Å²) in [5, 5.41) is 12.7. The number of aliphatic hydroxyl groups is 1. The van der Waals surface area contributed by atoms with E-state index in [1.165, 1.54) is 0 Å². The molecule has 1 aliphatic rings. The van der Waals surface area contributed by atoms with Gasteiger partial charge in [0.2, 0.25) is 0 Å². The first kappa shape index (κ1) is 12.0. The standard InChI is InChI=1S/C10H12BrNO3S/c11-8-2-1-7(15-8)9(13)12-5-10(14)3-4-16-6-10/h1-2,14H,3-6H2,(H,12,13). The van der Waals surface area contributed by atoms with Crippen molar-refractivity contribution in [2.24, 2.45) is 0 Å². The SMILES string of the molecule is O=C(NCC1(O)CCSC1)c1ccc(Br)o1. The molecule has 0 radical (unpaired) electrons. The normalized spacial score (nSPS) is 24.6. The van der Waals surface area contributed by atoms with Crippen molar-refractivity contribution in [1.82, 2.24) is 5.32 Å². The van der Waals surface area contributed by atoms with Crippen LogP contribution in [0.5, 0.6) is 0 Å². The second-order valence-corrected chi connectivity index (χ2v) is 5.70. The molecule has 2 rings (SSSR count). The number of hydrogen-bond donors (Lipinski definition) is 2. The summed E-state index contributed by atoms with van der Waals surface area (Å²) in [6.07, 6.45) is 0.722. The van der Waals surface area contributed by atoms with Crippen LogP contribution in [-0.4, -0.2) is 34.7 Å². The van der Waals surface area contributed by atoms with Gasteiger partial charge in [-0.2, -0.15) is 11.8 Å². The summed E-state index contributed by atoms with van der Waals surface area (Å²) in [4.78, 5) is 11.6. The Hall–Kier alpha value is -0.460. The molecule has 1 aromatic heterocycles. The van der Waals surface area contributed by atoms with Gasteiger partial charge in [-0.25, -0.2) is 0 Å². The zero-order valence-corrected chi connectivity index (χ0v) is 10.9. The third-order valence-electron chi connectivity index (χ3n) is 2.46. The number of carbonyl (C=O) groups excluding carboxylic acids is 1. The highest BCUT2D eigenvalue weighted by Gasteiger charge is 2.32. The number of nitrogens with one attached hydrogen (secondary N) is 1. The molecule has 88 valence electrons. The van der Waals surface area contributed by atoms with Crippen molar-refractivity contribution in [2.75, 3.05) is 18.1 Å². The second kappa shape index (κ2) is 4.81. The van der Waals surface area contributed by atoms with E-state index < -0.39 is 5.60 Å². The molecular formula is C10H12BrNO3S. The largest absolute Gasteiger partial charge is 0.444 e. The average molecular weight is 306 g/mol. The Bertz CT molecular complexity index is 387. The molecule has 0 spiro atoms. The maximum atomic E-state index is 11.6. The molecule has 16 heavy (non-hydrogen) atoms. The van der Waals surface area contributed by atoms with E-state index in [9.17, 15) is 9.90 Å². The predicted molar refractivity (Wildman–Crippen MR) is 65.6 cm³/mol. The van der Waals surface area contributed by atoms with Crippen molar-refractivity contribution < 1.29 is 14.3 Å². The molecule has 1 aliphatic heterocycles. The summed E-state index contributed by atoms with van der Waals surface area (Å²) in [6, 6.07) is 3.25. The van der Waals surface area contributed by atoms with Crippen LogP contribution in [0.3, 0.4) is 0 Å². The molecule has 0 aromatic carbocycles. The zero-order valence-electron chi connectivity index (χ0n) is 8.53. The summed E-state index contributed by atoms with van der Waals surface area (Å²) in [5.74, 6) is 1.57. The highest BCUT2D eigenvalue weighted by molar-refractivity contribution is 9.10. The number of halogens is 1. The van der Waals surface area contributed by atoms with Crippen LogP contribution < -0.4 is 5.32 Å². The molecule has 1 saturated heterocycles. The van der Waals surface area contributed by atoms with E-state index >= 15 is 0 Å². The lowest BCUT2D eigenvalue weighted by Gasteiger charge is -2.20. The van der Waals surface area contributed by atoms with E-state index in [2.05, 4.69) is 21.2 Å². The summed E-state index contributed by atoms with van der Waals surface area (Å²) in [6.45, 7) is 0.275. The number of hydrogen-bond acceptors (Lipinski definition) is 4. The van der Waals surface area contributed by atoms with Crippen molar-refractivity contribution in [2.45, 2.75) is 12.0 Å². The van der Waals surface area contributed by atoms with Gasteiger partial charge < -0.3 is 14.8 Å². The fourth-order valence-electron chi connectivity index (χ4n) is 1.50. The number of rotatable bonds is 3. The van der Waals surface area contributed by atoms with Gasteiger partial charge in [0.1, 0.15) is 0 Å². The minimum atomic E-state index is -0.760. The Balaban J connectivity index is 1.88. The minimum absolute atomic E-state index is 0.251. The predicted octanol–water partition coefficient (Wildman–Crippen LogP) is 1.64. The van der Waals surface area contributed by atoms with Crippen LogP contribution in [0.15, 0.2) is 21.2 Å². The van der Waals surface area contributed by atoms with Gasteiger partial charge in [0.05, 0.1) is 5.60 Å². The summed E-state index contributed by atoms with van der Waals surface area (Å²) in [5.41, 5.74) is -0.760.